The first-order valence-electron chi connectivity index (χ1n) is 9.38. The molecule has 8 heteroatoms. The SMILES string of the molecule is Cc1cc(/C=C2\C(=O)NC(=S)N(c3ccc(Cl)cc3)C2=O)c(C)n1-c1cccc(Cl)c1. The third-order valence-corrected chi connectivity index (χ3v) is 5.79. The van der Waals surface area contributed by atoms with Crippen LogP contribution in [0.25, 0.3) is 11.8 Å². The lowest BCUT2D eigenvalue weighted by Gasteiger charge is -2.28. The summed E-state index contributed by atoms with van der Waals surface area (Å²) in [5.74, 6) is -1.03. The van der Waals surface area contributed by atoms with Crippen LogP contribution in [0.3, 0.4) is 0 Å². The van der Waals surface area contributed by atoms with Crippen LogP contribution in [-0.2, 0) is 9.59 Å². The molecule has 0 radical (unpaired) electrons. The molecule has 0 saturated carbocycles. The Kier molecular flexibility index (Phi) is 5.71. The van der Waals surface area contributed by atoms with Crippen LogP contribution in [0.2, 0.25) is 10.0 Å². The zero-order valence-electron chi connectivity index (χ0n) is 16.6. The van der Waals surface area contributed by atoms with Gasteiger partial charge in [-0.15, -0.1) is 0 Å². The fourth-order valence-corrected chi connectivity index (χ4v) is 4.18. The first-order valence-corrected chi connectivity index (χ1v) is 10.5. The van der Waals surface area contributed by atoms with E-state index in [4.69, 9.17) is 35.4 Å². The zero-order valence-corrected chi connectivity index (χ0v) is 19.0. The number of amides is 2. The van der Waals surface area contributed by atoms with Gasteiger partial charge in [-0.3, -0.25) is 19.8 Å². The molecule has 156 valence electrons. The van der Waals surface area contributed by atoms with E-state index in [-0.39, 0.29) is 10.7 Å². The largest absolute Gasteiger partial charge is 0.318 e. The number of nitrogens with one attached hydrogen (secondary N) is 1. The van der Waals surface area contributed by atoms with Gasteiger partial charge in [0, 0.05) is 27.1 Å². The van der Waals surface area contributed by atoms with E-state index in [0.717, 1.165) is 22.6 Å². The van der Waals surface area contributed by atoms with Crippen molar-refractivity contribution >= 4 is 64.1 Å². The predicted octanol–water partition coefficient (Wildman–Crippen LogP) is 5.23. The highest BCUT2D eigenvalue weighted by Crippen LogP contribution is 2.27. The summed E-state index contributed by atoms with van der Waals surface area (Å²) in [5, 5.41) is 3.78. The lowest BCUT2D eigenvalue weighted by Crippen LogP contribution is -2.54. The maximum absolute atomic E-state index is 13.2. The monoisotopic (exact) mass is 469 g/mol. The zero-order chi connectivity index (χ0) is 22.3. The van der Waals surface area contributed by atoms with Crippen molar-refractivity contribution in [2.75, 3.05) is 4.90 Å². The standard InChI is InChI=1S/C23H17Cl2N3O2S/c1-13-10-15(14(2)27(13)19-5-3-4-17(25)12-19)11-20-21(29)26-23(31)28(22(20)30)18-8-6-16(24)7-9-18/h3-12H,1-2H3,(H,26,29,31)/b20-11+. The van der Waals surface area contributed by atoms with E-state index >= 15 is 0 Å². The van der Waals surface area contributed by atoms with Gasteiger partial charge in [0.2, 0.25) is 0 Å². The Labute approximate surface area is 194 Å². The fourth-order valence-electron chi connectivity index (χ4n) is 3.58. The molecule has 2 amide bonds. The van der Waals surface area contributed by atoms with Crippen molar-refractivity contribution < 1.29 is 9.59 Å². The van der Waals surface area contributed by atoms with E-state index in [1.807, 2.05) is 42.7 Å². The number of thiocarbonyl (C=S) groups is 1. The molecule has 1 fully saturated rings. The highest BCUT2D eigenvalue weighted by Gasteiger charge is 2.34. The Morgan fingerprint density at radius 2 is 1.65 bits per heavy atom. The number of carbonyl (C=O) groups is 2. The minimum absolute atomic E-state index is 0.00473. The molecule has 1 aliphatic heterocycles. The number of nitrogens with zero attached hydrogens (tertiary/aromatic N) is 2. The minimum atomic E-state index is -0.534. The Bertz CT molecular complexity index is 1260. The van der Waals surface area contributed by atoms with Crippen LogP contribution < -0.4 is 10.2 Å². The van der Waals surface area contributed by atoms with Gasteiger partial charge < -0.3 is 4.57 Å². The summed E-state index contributed by atoms with van der Waals surface area (Å²) in [5.41, 5.74) is 3.99. The number of carbonyl (C=O) groups excluding carboxylic acids is 2. The molecule has 1 saturated heterocycles. The van der Waals surface area contributed by atoms with Crippen LogP contribution in [0.5, 0.6) is 0 Å². The van der Waals surface area contributed by atoms with Gasteiger partial charge in [0.05, 0.1) is 5.69 Å². The van der Waals surface area contributed by atoms with Gasteiger partial charge in [-0.05, 0) is 86.2 Å². The summed E-state index contributed by atoms with van der Waals surface area (Å²) in [7, 11) is 0. The minimum Gasteiger partial charge on any atom is -0.318 e. The van der Waals surface area contributed by atoms with Crippen molar-refractivity contribution in [2.45, 2.75) is 13.8 Å². The van der Waals surface area contributed by atoms with Crippen LogP contribution in [0.1, 0.15) is 17.0 Å². The second-order valence-electron chi connectivity index (χ2n) is 7.08. The van der Waals surface area contributed by atoms with Crippen molar-refractivity contribution in [1.29, 1.82) is 0 Å². The van der Waals surface area contributed by atoms with Crippen LogP contribution in [0.15, 0.2) is 60.2 Å². The Hall–Kier alpha value is -2.93. The number of hydrogen-bond acceptors (Lipinski definition) is 3. The molecule has 5 nitrogen and oxygen atoms in total. The molecule has 31 heavy (non-hydrogen) atoms. The second kappa shape index (κ2) is 8.30. The maximum atomic E-state index is 13.2. The van der Waals surface area contributed by atoms with E-state index in [2.05, 4.69) is 5.32 Å². The molecule has 0 bridgehead atoms. The van der Waals surface area contributed by atoms with Gasteiger partial charge in [0.25, 0.3) is 11.8 Å². The molecule has 1 aliphatic rings. The van der Waals surface area contributed by atoms with E-state index in [1.165, 1.54) is 4.90 Å². The van der Waals surface area contributed by atoms with Gasteiger partial charge in [0.1, 0.15) is 5.57 Å². The normalized spacial score (nSPS) is 15.5. The number of anilines is 1. The first kappa shape index (κ1) is 21.3. The summed E-state index contributed by atoms with van der Waals surface area (Å²) in [4.78, 5) is 27.1. The Morgan fingerprint density at radius 1 is 0.935 bits per heavy atom. The smallest absolute Gasteiger partial charge is 0.270 e. The highest BCUT2D eigenvalue weighted by molar-refractivity contribution is 7.80. The lowest BCUT2D eigenvalue weighted by molar-refractivity contribution is -0.122. The maximum Gasteiger partial charge on any atom is 0.270 e. The van der Waals surface area contributed by atoms with E-state index in [0.29, 0.717) is 15.7 Å². The predicted molar refractivity (Wildman–Crippen MR) is 128 cm³/mol. The Balaban J connectivity index is 1.76. The van der Waals surface area contributed by atoms with E-state index in [1.54, 1.807) is 36.4 Å². The van der Waals surface area contributed by atoms with Crippen LogP contribution in [0, 0.1) is 13.8 Å². The third kappa shape index (κ3) is 4.02. The van der Waals surface area contributed by atoms with Crippen LogP contribution in [-0.4, -0.2) is 21.5 Å². The average Bonchev–Trinajstić information content (AvgIpc) is 2.99. The molecule has 2 aromatic carbocycles. The van der Waals surface area contributed by atoms with E-state index < -0.39 is 11.8 Å². The van der Waals surface area contributed by atoms with Crippen LogP contribution in [0.4, 0.5) is 5.69 Å². The number of halogens is 2. The number of aromatic nitrogens is 1. The molecule has 0 aliphatic carbocycles. The van der Waals surface area contributed by atoms with Gasteiger partial charge in [-0.25, -0.2) is 0 Å². The number of rotatable bonds is 3. The molecular weight excluding hydrogens is 453 g/mol. The van der Waals surface area contributed by atoms with Gasteiger partial charge in [0.15, 0.2) is 5.11 Å². The van der Waals surface area contributed by atoms with E-state index in [9.17, 15) is 9.59 Å². The molecule has 1 aromatic heterocycles. The molecular formula is C23H17Cl2N3O2S. The molecule has 0 atom stereocenters. The summed E-state index contributed by atoms with van der Waals surface area (Å²) in [6, 6.07) is 16.1. The fraction of sp³-hybridized carbons (Fsp3) is 0.0870. The summed E-state index contributed by atoms with van der Waals surface area (Å²) in [6.07, 6.45) is 1.59. The summed E-state index contributed by atoms with van der Waals surface area (Å²) >= 11 is 17.3. The van der Waals surface area contributed by atoms with Gasteiger partial charge >= 0.3 is 0 Å². The molecule has 2 heterocycles. The molecule has 0 spiro atoms. The number of hydrogen-bond donors (Lipinski definition) is 1. The summed E-state index contributed by atoms with van der Waals surface area (Å²) < 4.78 is 2.02. The summed E-state index contributed by atoms with van der Waals surface area (Å²) in [6.45, 7) is 3.88. The molecule has 3 aromatic rings. The highest BCUT2D eigenvalue weighted by atomic mass is 35.5. The first-order chi connectivity index (χ1) is 14.8. The van der Waals surface area contributed by atoms with Crippen molar-refractivity contribution in [1.82, 2.24) is 9.88 Å². The lowest BCUT2D eigenvalue weighted by atomic mass is 10.1. The second-order valence-corrected chi connectivity index (χ2v) is 8.34. The molecule has 1 N–H and O–H groups in total. The van der Waals surface area contributed by atoms with Crippen LogP contribution >= 0.6 is 35.4 Å². The van der Waals surface area contributed by atoms with Crippen molar-refractivity contribution in [3.8, 4) is 5.69 Å². The number of aryl methyl sites for hydroxylation is 1. The van der Waals surface area contributed by atoms with Gasteiger partial charge in [-0.2, -0.15) is 0 Å². The third-order valence-electron chi connectivity index (χ3n) is 5.02. The quantitative estimate of drug-likeness (QED) is 0.324. The van der Waals surface area contributed by atoms with Crippen molar-refractivity contribution in [2.24, 2.45) is 0 Å². The Morgan fingerprint density at radius 3 is 2.32 bits per heavy atom. The number of benzene rings is 2. The molecule has 4 rings (SSSR count). The molecule has 0 unspecified atom stereocenters. The van der Waals surface area contributed by atoms with Crippen molar-refractivity contribution in [3.05, 3.63) is 87.2 Å². The van der Waals surface area contributed by atoms with Gasteiger partial charge in [-0.1, -0.05) is 29.3 Å². The average molecular weight is 470 g/mol. The topological polar surface area (TPSA) is 54.3 Å². The van der Waals surface area contributed by atoms with Crippen molar-refractivity contribution in [3.63, 3.8) is 0 Å².